The van der Waals surface area contributed by atoms with E-state index in [1.165, 1.54) is 68.9 Å². The molecule has 2 rings (SSSR count). The third-order valence-electron chi connectivity index (χ3n) is 10.9. The van der Waals surface area contributed by atoms with E-state index in [0.717, 1.165) is 107 Å². The number of unbranched alkanes of at least 4 members (excludes halogenated alkanes) is 16. The van der Waals surface area contributed by atoms with E-state index < -0.39 is 32.5 Å². The Labute approximate surface area is 364 Å². The monoisotopic (exact) mass is 867 g/mol. The van der Waals surface area contributed by atoms with Crippen LogP contribution in [0, 0.1) is 13.8 Å². The van der Waals surface area contributed by atoms with Gasteiger partial charge in [0, 0.05) is 38.5 Å². The molecule has 2 aromatic rings. The second kappa shape index (κ2) is 31.4. The molecule has 11 nitrogen and oxygen atoms in total. The zero-order valence-corrected chi connectivity index (χ0v) is 39.9. The number of carbonyl (C=O) groups is 2. The predicted molar refractivity (Wildman–Crippen MR) is 240 cm³/mol. The number of hydrogen-bond donors (Lipinski definition) is 1. The molecule has 0 aliphatic rings. The van der Waals surface area contributed by atoms with Crippen LogP contribution in [0.5, 0.6) is 0 Å². The lowest BCUT2D eigenvalue weighted by Gasteiger charge is -2.24. The van der Waals surface area contributed by atoms with E-state index in [-0.39, 0.29) is 26.1 Å². The maximum absolute atomic E-state index is 12.8. The van der Waals surface area contributed by atoms with Crippen LogP contribution in [0.4, 0.5) is 0 Å². The average molecular weight is 867 g/mol. The molecule has 12 heteroatoms. The number of nitrogens with zero attached hydrogens (tertiary/aromatic N) is 1. The molecule has 2 aromatic heterocycles. The topological polar surface area (TPSA) is 135 Å². The van der Waals surface area contributed by atoms with Crippen molar-refractivity contribution >= 4 is 19.8 Å². The third kappa shape index (κ3) is 26.8. The average Bonchev–Trinajstić information content (AvgIpc) is 3.73. The van der Waals surface area contributed by atoms with E-state index in [4.69, 9.17) is 27.4 Å². The van der Waals surface area contributed by atoms with Crippen LogP contribution in [0.25, 0.3) is 0 Å². The fourth-order valence-electron chi connectivity index (χ4n) is 7.16. The van der Waals surface area contributed by atoms with Crippen LogP contribution in [-0.2, 0) is 58.4 Å². The van der Waals surface area contributed by atoms with Crippen LogP contribution in [0.3, 0.4) is 0 Å². The maximum atomic E-state index is 12.8. The summed E-state index contributed by atoms with van der Waals surface area (Å²) < 4.78 is 46.7. The fourth-order valence-corrected chi connectivity index (χ4v) is 7.90. The molecular weight excluding hydrogens is 781 g/mol. The zero-order chi connectivity index (χ0) is 44.1. The number of esters is 2. The Balaban J connectivity index is 1.64. The van der Waals surface area contributed by atoms with E-state index in [1.807, 2.05) is 21.1 Å². The smallest absolute Gasteiger partial charge is 0.466 e. The van der Waals surface area contributed by atoms with Gasteiger partial charge >= 0.3 is 19.8 Å². The Morgan fingerprint density at radius 3 is 1.52 bits per heavy atom. The Morgan fingerprint density at radius 2 is 1.05 bits per heavy atom. The zero-order valence-electron chi connectivity index (χ0n) is 39.0. The second-order valence-electron chi connectivity index (χ2n) is 17.9. The van der Waals surface area contributed by atoms with Crippen molar-refractivity contribution < 1.29 is 50.9 Å². The van der Waals surface area contributed by atoms with Gasteiger partial charge in [0.05, 0.1) is 27.7 Å². The van der Waals surface area contributed by atoms with E-state index in [1.54, 1.807) is 0 Å². The summed E-state index contributed by atoms with van der Waals surface area (Å²) in [5, 5.41) is 0. The molecule has 346 valence electrons. The van der Waals surface area contributed by atoms with E-state index in [0.29, 0.717) is 23.9 Å². The first-order valence-electron chi connectivity index (χ1n) is 23.6. The Kier molecular flexibility index (Phi) is 28.1. The van der Waals surface area contributed by atoms with Crippen molar-refractivity contribution in [3.8, 4) is 0 Å². The number of carbonyl (C=O) groups excluding carboxylic acids is 2. The summed E-state index contributed by atoms with van der Waals surface area (Å²) in [6.45, 7) is 8.56. The molecule has 60 heavy (non-hydrogen) atoms. The SMILES string of the molecule is CCCCCc1cc(C)c(CCCCCCCCCCC(=O)OCC(COP(=O)(O)OCC[N+](C)(C)C)OC(=O)CCCCCCCCc2oc(CCCCC)cc2C)o1. The van der Waals surface area contributed by atoms with Gasteiger partial charge in [-0.2, -0.15) is 0 Å². The number of furan rings is 2. The van der Waals surface area contributed by atoms with Crippen molar-refractivity contribution in [2.75, 3.05) is 47.5 Å². The highest BCUT2D eigenvalue weighted by Crippen LogP contribution is 2.43. The number of rotatable bonds is 38. The Bertz CT molecular complexity index is 1480. The molecular formula is C48H85NO10P+. The molecule has 0 bridgehead atoms. The minimum atomic E-state index is -4.40. The summed E-state index contributed by atoms with van der Waals surface area (Å²) in [4.78, 5) is 35.6. The quantitative estimate of drug-likeness (QED) is 0.0301. The van der Waals surface area contributed by atoms with Gasteiger partial charge in [0.15, 0.2) is 6.10 Å². The van der Waals surface area contributed by atoms with Crippen LogP contribution in [0.2, 0.25) is 0 Å². The van der Waals surface area contributed by atoms with Gasteiger partial charge in [-0.15, -0.1) is 0 Å². The fraction of sp³-hybridized carbons (Fsp3) is 0.792. The number of phosphoric ester groups is 1. The Hall–Kier alpha value is -2.43. The van der Waals surface area contributed by atoms with E-state index >= 15 is 0 Å². The summed E-state index contributed by atoms with van der Waals surface area (Å²) in [5.74, 6) is 3.64. The summed E-state index contributed by atoms with van der Waals surface area (Å²) in [6, 6.07) is 4.40. The lowest BCUT2D eigenvalue weighted by atomic mass is 10.1. The minimum absolute atomic E-state index is 0.0186. The van der Waals surface area contributed by atoms with Gasteiger partial charge in [0.1, 0.15) is 42.8 Å². The van der Waals surface area contributed by atoms with Crippen molar-refractivity contribution in [2.45, 2.75) is 201 Å². The first-order chi connectivity index (χ1) is 28.7. The van der Waals surface area contributed by atoms with E-state index in [9.17, 15) is 19.0 Å². The molecule has 0 saturated heterocycles. The minimum Gasteiger partial charge on any atom is -0.466 e. The van der Waals surface area contributed by atoms with Gasteiger partial charge in [-0.1, -0.05) is 104 Å². The summed E-state index contributed by atoms with van der Waals surface area (Å²) in [7, 11) is 1.43. The molecule has 2 unspecified atom stereocenters. The molecule has 2 heterocycles. The standard InChI is InChI=1S/C48H84NO10P/c1-8-10-22-28-42-36-40(3)45(57-42)30-24-18-14-12-13-15-20-26-32-47(50)54-38-44(39-56-60(52,53)55-35-34-49(5,6)7)59-48(51)33-27-21-17-16-19-25-31-46-41(4)37-43(58-46)29-23-11-9-2/h36-37,44H,8-35,38-39H2,1-7H3/p+1. The molecule has 2 atom stereocenters. The van der Waals surface area contributed by atoms with Gasteiger partial charge in [-0.25, -0.2) is 4.57 Å². The predicted octanol–water partition coefficient (Wildman–Crippen LogP) is 12.3. The number of likely N-dealkylation sites (N-methyl/N-ethyl adjacent to an activating group) is 1. The summed E-state index contributed by atoms with van der Waals surface area (Å²) in [5.41, 5.74) is 2.53. The van der Waals surface area contributed by atoms with Gasteiger partial charge < -0.3 is 27.7 Å². The molecule has 0 spiro atoms. The number of aryl methyl sites for hydroxylation is 6. The van der Waals surface area contributed by atoms with Crippen molar-refractivity contribution in [1.29, 1.82) is 0 Å². The van der Waals surface area contributed by atoms with Crippen LogP contribution in [0.15, 0.2) is 21.0 Å². The molecule has 0 aliphatic carbocycles. The first-order valence-corrected chi connectivity index (χ1v) is 25.1. The largest absolute Gasteiger partial charge is 0.472 e. The number of phosphoric acid groups is 1. The number of ether oxygens (including phenoxy) is 2. The van der Waals surface area contributed by atoms with Crippen molar-refractivity contribution in [2.24, 2.45) is 0 Å². The van der Waals surface area contributed by atoms with Crippen LogP contribution >= 0.6 is 7.82 Å². The van der Waals surface area contributed by atoms with Crippen LogP contribution in [-0.4, -0.2) is 74.9 Å². The van der Waals surface area contributed by atoms with Crippen LogP contribution in [0.1, 0.15) is 189 Å². The molecule has 0 aromatic carbocycles. The lowest BCUT2D eigenvalue weighted by Crippen LogP contribution is -2.37. The number of hydrogen-bond acceptors (Lipinski definition) is 9. The van der Waals surface area contributed by atoms with Gasteiger partial charge in [-0.3, -0.25) is 18.6 Å². The molecule has 0 aliphatic heterocycles. The van der Waals surface area contributed by atoms with Gasteiger partial charge in [0.25, 0.3) is 0 Å². The Morgan fingerprint density at radius 1 is 0.617 bits per heavy atom. The van der Waals surface area contributed by atoms with Crippen molar-refractivity contribution in [3.63, 3.8) is 0 Å². The van der Waals surface area contributed by atoms with Gasteiger partial charge in [-0.05, 0) is 75.6 Å². The van der Waals surface area contributed by atoms with Crippen molar-refractivity contribution in [3.05, 3.63) is 46.3 Å². The normalized spacial score (nSPS) is 13.4. The van der Waals surface area contributed by atoms with Crippen LogP contribution < -0.4 is 0 Å². The maximum Gasteiger partial charge on any atom is 0.472 e. The number of quaternary nitrogens is 1. The van der Waals surface area contributed by atoms with Crippen molar-refractivity contribution in [1.82, 2.24) is 0 Å². The van der Waals surface area contributed by atoms with Gasteiger partial charge in [0.2, 0.25) is 0 Å². The highest BCUT2D eigenvalue weighted by Gasteiger charge is 2.27. The second-order valence-corrected chi connectivity index (χ2v) is 19.4. The van der Waals surface area contributed by atoms with E-state index in [2.05, 4.69) is 39.8 Å². The third-order valence-corrected chi connectivity index (χ3v) is 11.9. The molecule has 1 N–H and O–H groups in total. The summed E-state index contributed by atoms with van der Waals surface area (Å²) in [6.07, 6.45) is 25.1. The molecule has 0 radical (unpaired) electrons. The molecule has 0 fully saturated rings. The molecule has 0 amide bonds. The summed E-state index contributed by atoms with van der Waals surface area (Å²) >= 11 is 0. The highest BCUT2D eigenvalue weighted by molar-refractivity contribution is 7.47. The highest BCUT2D eigenvalue weighted by atomic mass is 31.2. The molecule has 0 saturated carbocycles. The first kappa shape index (κ1) is 53.7. The lowest BCUT2D eigenvalue weighted by molar-refractivity contribution is -0.870.